The molecule has 0 aliphatic rings. The zero-order chi connectivity index (χ0) is 76.0. The van der Waals surface area contributed by atoms with Gasteiger partial charge in [-0.05, 0) is 148 Å². The first-order valence-electron chi connectivity index (χ1n) is 40.8. The molecule has 0 saturated heterocycles. The van der Waals surface area contributed by atoms with Crippen LogP contribution >= 0.6 is 15.6 Å². The van der Waals surface area contributed by atoms with E-state index in [1.807, 2.05) is 18.2 Å². The lowest BCUT2D eigenvalue weighted by Gasteiger charge is -2.21. The Morgan fingerprint density at radius 2 is 0.519 bits per heavy atom. The lowest BCUT2D eigenvalue weighted by molar-refractivity contribution is -0.161. The number of ether oxygens (including phenoxy) is 4. The predicted molar refractivity (Wildman–Crippen MR) is 427 cm³/mol. The summed E-state index contributed by atoms with van der Waals surface area (Å²) in [5, 5.41) is 10.6. The van der Waals surface area contributed by atoms with Crippen molar-refractivity contribution >= 4 is 39.5 Å². The van der Waals surface area contributed by atoms with Crippen molar-refractivity contribution in [2.75, 3.05) is 39.6 Å². The van der Waals surface area contributed by atoms with Gasteiger partial charge < -0.3 is 33.8 Å². The smallest absolute Gasteiger partial charge is 0.462 e. The number of rotatable bonds is 76. The van der Waals surface area contributed by atoms with E-state index in [2.05, 4.69) is 131 Å². The maximum atomic E-state index is 13.1. The van der Waals surface area contributed by atoms with Gasteiger partial charge in [0.05, 0.1) is 26.4 Å². The van der Waals surface area contributed by atoms with Gasteiger partial charge in [-0.15, -0.1) is 0 Å². The number of unbranched alkanes of at least 4 members (excludes halogenated alkanes) is 30. The number of esters is 4. The van der Waals surface area contributed by atoms with Crippen LogP contribution in [-0.4, -0.2) is 96.7 Å². The fourth-order valence-corrected chi connectivity index (χ4v) is 12.3. The second kappa shape index (κ2) is 76.6. The van der Waals surface area contributed by atoms with Crippen LogP contribution in [0.4, 0.5) is 0 Å². The minimum atomic E-state index is -5.00. The number of carbonyl (C=O) groups excluding carboxylic acids is 4. The molecule has 0 bridgehead atoms. The zero-order valence-corrected chi connectivity index (χ0v) is 67.2. The number of phosphoric acid groups is 2. The largest absolute Gasteiger partial charge is 0.472 e. The molecule has 0 aromatic rings. The van der Waals surface area contributed by atoms with Crippen molar-refractivity contribution in [3.05, 3.63) is 122 Å². The third-order valence-electron chi connectivity index (χ3n) is 16.9. The van der Waals surface area contributed by atoms with E-state index in [1.54, 1.807) is 0 Å². The molecular formula is C85H146O17P2. The third kappa shape index (κ3) is 75.7. The van der Waals surface area contributed by atoms with E-state index in [0.717, 1.165) is 167 Å². The van der Waals surface area contributed by atoms with Gasteiger partial charge in [-0.3, -0.25) is 37.3 Å². The van der Waals surface area contributed by atoms with Crippen LogP contribution in [0.2, 0.25) is 0 Å². The van der Waals surface area contributed by atoms with Crippen LogP contribution in [0.25, 0.3) is 0 Å². The Bertz CT molecular complexity index is 2440. The lowest BCUT2D eigenvalue weighted by atomic mass is 10.1. The second-order valence-electron chi connectivity index (χ2n) is 27.0. The van der Waals surface area contributed by atoms with E-state index in [1.165, 1.54) is 83.5 Å². The summed E-state index contributed by atoms with van der Waals surface area (Å²) in [6.45, 7) is 4.63. The molecule has 0 spiro atoms. The molecule has 0 rings (SSSR count). The van der Waals surface area contributed by atoms with Crippen LogP contribution < -0.4 is 0 Å². The topological polar surface area (TPSA) is 237 Å². The summed E-state index contributed by atoms with van der Waals surface area (Å²) in [4.78, 5) is 73.0. The van der Waals surface area contributed by atoms with Gasteiger partial charge in [0, 0.05) is 25.7 Å². The molecule has 19 heteroatoms. The van der Waals surface area contributed by atoms with Crippen molar-refractivity contribution in [1.82, 2.24) is 0 Å². The van der Waals surface area contributed by atoms with E-state index in [-0.39, 0.29) is 25.7 Å². The minimum Gasteiger partial charge on any atom is -0.462 e. The van der Waals surface area contributed by atoms with E-state index in [9.17, 15) is 43.2 Å². The Morgan fingerprint density at radius 3 is 0.865 bits per heavy atom. The molecule has 2 unspecified atom stereocenters. The van der Waals surface area contributed by atoms with Crippen LogP contribution in [0.15, 0.2) is 122 Å². The van der Waals surface area contributed by atoms with E-state index < -0.39 is 97.5 Å². The van der Waals surface area contributed by atoms with E-state index in [0.29, 0.717) is 32.1 Å². The van der Waals surface area contributed by atoms with Crippen molar-refractivity contribution in [2.24, 2.45) is 0 Å². The fraction of sp³-hybridized carbons (Fsp3) is 0.718. The first-order valence-corrected chi connectivity index (χ1v) is 43.8. The summed E-state index contributed by atoms with van der Waals surface area (Å²) in [7, 11) is -9.99. The summed E-state index contributed by atoms with van der Waals surface area (Å²) >= 11 is 0. The molecule has 17 nitrogen and oxygen atoms in total. The highest BCUT2D eigenvalue weighted by Gasteiger charge is 2.30. The normalized spacial score (nSPS) is 14.5. The lowest BCUT2D eigenvalue weighted by Crippen LogP contribution is -2.30. The summed E-state index contributed by atoms with van der Waals surface area (Å²) in [6.07, 6.45) is 84.7. The molecule has 0 amide bonds. The predicted octanol–water partition coefficient (Wildman–Crippen LogP) is 23.9. The molecule has 0 radical (unpaired) electrons. The summed E-state index contributed by atoms with van der Waals surface area (Å²) in [5.74, 6) is -2.29. The van der Waals surface area contributed by atoms with Gasteiger partial charge in [-0.25, -0.2) is 9.13 Å². The molecule has 104 heavy (non-hydrogen) atoms. The Labute approximate surface area is 632 Å². The monoisotopic (exact) mass is 1500 g/mol. The highest BCUT2D eigenvalue weighted by atomic mass is 31.2. The molecule has 0 saturated carbocycles. The van der Waals surface area contributed by atoms with Crippen molar-refractivity contribution in [1.29, 1.82) is 0 Å². The highest BCUT2D eigenvalue weighted by Crippen LogP contribution is 2.45. The SMILES string of the molecule is CC/C=C\C/C=C\C/C=C\C/C=C\C/C=C\C/C=C\CCC(=O)O[C@H](COC(=O)CCCCCCC/C=C\C/C=C\CCCCC)COP(=O)(O)OC[C@@H](O)COP(=O)(O)OC[C@@H](COC(=O)CCCCCCC/C=C\CCCCCCCC)OC(=O)CCCCCCCCC/C=C\CCCCCC. The average Bonchev–Trinajstić information content (AvgIpc) is 0.943. The molecule has 5 atom stereocenters. The Morgan fingerprint density at radius 1 is 0.279 bits per heavy atom. The molecule has 0 heterocycles. The molecule has 0 aromatic carbocycles. The number of phosphoric ester groups is 2. The Balaban J connectivity index is 5.45. The zero-order valence-electron chi connectivity index (χ0n) is 65.4. The Hall–Kier alpha value is -4.54. The number of aliphatic hydroxyl groups excluding tert-OH is 1. The molecule has 0 aliphatic heterocycles. The first kappa shape index (κ1) is 99.5. The van der Waals surface area contributed by atoms with Crippen LogP contribution in [-0.2, 0) is 65.4 Å². The van der Waals surface area contributed by atoms with Crippen molar-refractivity contribution in [2.45, 2.75) is 354 Å². The molecule has 598 valence electrons. The standard InChI is InChI=1S/C85H146O17P2/c1-5-9-13-17-21-25-29-33-37-38-39-40-44-48-52-56-60-64-68-72-85(90)102-81(76-96-83(88)70-66-62-58-54-50-46-42-35-31-27-23-19-15-11-7-3)78-100-104(93,94)98-74-79(86)73-97-103(91,92)99-77-80(101-84(89)71-67-63-59-55-51-47-43-36-32-28-24-20-16-12-8-4)75-95-82(87)69-65-61-57-53-49-45-41-34-30-26-22-18-14-10-6-2/h9,13,21,23,25,27-28,32-35,37,39-42,48,52,60,64,79-81,86H,5-8,10-12,14-20,22,24,26,29-31,36,38,43-47,49-51,53-59,61-63,65-78H2,1-4H3,(H,91,92)(H,93,94)/b13-9-,25-21-,27-23-,32-28-,37-33-,40-39-,41-34-,42-35-,52-48-,64-60-/t79-,80+,81+/m0/s1. The second-order valence-corrected chi connectivity index (χ2v) is 29.9. The van der Waals surface area contributed by atoms with Gasteiger partial charge in [0.15, 0.2) is 12.2 Å². The van der Waals surface area contributed by atoms with Crippen LogP contribution in [0.1, 0.15) is 336 Å². The number of allylic oxidation sites excluding steroid dienone is 20. The van der Waals surface area contributed by atoms with E-state index in [4.69, 9.17) is 37.0 Å². The summed E-state index contributed by atoms with van der Waals surface area (Å²) < 4.78 is 68.6. The molecule has 3 N–H and O–H groups in total. The number of aliphatic hydroxyl groups is 1. The fourth-order valence-electron chi connectivity index (χ4n) is 10.7. The maximum absolute atomic E-state index is 13.1. The average molecular weight is 1500 g/mol. The van der Waals surface area contributed by atoms with Gasteiger partial charge in [0.25, 0.3) is 0 Å². The van der Waals surface area contributed by atoms with Gasteiger partial charge in [-0.2, -0.15) is 0 Å². The molecule has 0 aromatic heterocycles. The number of hydrogen-bond acceptors (Lipinski definition) is 15. The third-order valence-corrected chi connectivity index (χ3v) is 18.8. The van der Waals surface area contributed by atoms with Crippen LogP contribution in [0.5, 0.6) is 0 Å². The highest BCUT2D eigenvalue weighted by molar-refractivity contribution is 7.47. The van der Waals surface area contributed by atoms with Crippen LogP contribution in [0.3, 0.4) is 0 Å². The quantitative estimate of drug-likeness (QED) is 0.0169. The van der Waals surface area contributed by atoms with Crippen molar-refractivity contribution in [3.63, 3.8) is 0 Å². The molecule has 0 fully saturated rings. The molecular weight excluding hydrogens is 1350 g/mol. The number of hydrogen-bond donors (Lipinski definition) is 3. The number of carbonyl (C=O) groups is 4. The Kier molecular flexibility index (Phi) is 73.3. The maximum Gasteiger partial charge on any atom is 0.472 e. The van der Waals surface area contributed by atoms with Gasteiger partial charge in [-0.1, -0.05) is 284 Å². The minimum absolute atomic E-state index is 0.0354. The van der Waals surface area contributed by atoms with Gasteiger partial charge >= 0.3 is 39.5 Å². The van der Waals surface area contributed by atoms with Crippen molar-refractivity contribution < 1.29 is 80.2 Å². The summed E-state index contributed by atoms with van der Waals surface area (Å²) in [5.41, 5.74) is 0. The van der Waals surface area contributed by atoms with Crippen LogP contribution in [0, 0.1) is 0 Å². The van der Waals surface area contributed by atoms with Gasteiger partial charge in [0.2, 0.25) is 0 Å². The summed E-state index contributed by atoms with van der Waals surface area (Å²) in [6, 6.07) is 0. The van der Waals surface area contributed by atoms with E-state index >= 15 is 0 Å². The van der Waals surface area contributed by atoms with Gasteiger partial charge in [0.1, 0.15) is 19.3 Å². The van der Waals surface area contributed by atoms with Crippen molar-refractivity contribution in [3.8, 4) is 0 Å². The first-order chi connectivity index (χ1) is 50.7. The molecule has 0 aliphatic carbocycles.